The molecule has 0 spiro atoms. The topological polar surface area (TPSA) is 149 Å². The Bertz CT molecular complexity index is 1520. The van der Waals surface area contributed by atoms with Gasteiger partial charge < -0.3 is 40.3 Å². The maximum absolute atomic E-state index is 13.1. The highest BCUT2D eigenvalue weighted by molar-refractivity contribution is 5.76. The monoisotopic (exact) mass is 1150 g/mol. The molecule has 9 heteroatoms. The minimum Gasteiger partial charge on any atom is -0.394 e. The van der Waals surface area contributed by atoms with Crippen molar-refractivity contribution in [3.05, 3.63) is 72.9 Å². The maximum atomic E-state index is 13.1. The highest BCUT2D eigenvalue weighted by atomic mass is 16.7. The average molecular weight is 1150 g/mol. The maximum Gasteiger partial charge on any atom is 0.220 e. The summed E-state index contributed by atoms with van der Waals surface area (Å²) in [7, 11) is 0. The Labute approximate surface area is 506 Å². The van der Waals surface area contributed by atoms with Crippen LogP contribution >= 0.6 is 0 Å². The number of rotatable bonds is 61. The van der Waals surface area contributed by atoms with Crippen LogP contribution in [0.4, 0.5) is 0 Å². The van der Waals surface area contributed by atoms with Gasteiger partial charge in [0, 0.05) is 6.42 Å². The molecule has 1 saturated heterocycles. The fourth-order valence-electron chi connectivity index (χ4n) is 11.1. The van der Waals surface area contributed by atoms with Crippen molar-refractivity contribution in [3.63, 3.8) is 0 Å². The number of hydrogen-bond donors (Lipinski definition) is 6. The Hall–Kier alpha value is -2.37. The highest BCUT2D eigenvalue weighted by Crippen LogP contribution is 2.23. The Morgan fingerprint density at radius 1 is 0.427 bits per heavy atom. The van der Waals surface area contributed by atoms with Crippen molar-refractivity contribution >= 4 is 5.91 Å². The van der Waals surface area contributed by atoms with Crippen molar-refractivity contribution in [2.24, 2.45) is 0 Å². The normalized spacial score (nSPS) is 18.7. The van der Waals surface area contributed by atoms with Crippen LogP contribution in [0.15, 0.2) is 72.9 Å². The number of aliphatic hydroxyl groups is 5. The van der Waals surface area contributed by atoms with Gasteiger partial charge in [-0.15, -0.1) is 0 Å². The lowest BCUT2D eigenvalue weighted by molar-refractivity contribution is -0.302. The van der Waals surface area contributed by atoms with Gasteiger partial charge in [0.05, 0.1) is 25.4 Å². The van der Waals surface area contributed by atoms with Gasteiger partial charge in [-0.2, -0.15) is 0 Å². The first-order valence-corrected chi connectivity index (χ1v) is 35.2. The molecule has 1 aliphatic heterocycles. The summed E-state index contributed by atoms with van der Waals surface area (Å²) in [6, 6.07) is -0.827. The lowest BCUT2D eigenvalue weighted by atomic mass is 9.99. The van der Waals surface area contributed by atoms with Crippen LogP contribution in [0.5, 0.6) is 0 Å². The molecule has 0 radical (unpaired) electrons. The summed E-state index contributed by atoms with van der Waals surface area (Å²) in [5.74, 6) is -0.185. The molecule has 6 N–H and O–H groups in total. The van der Waals surface area contributed by atoms with E-state index in [0.29, 0.717) is 6.42 Å². The number of nitrogens with one attached hydrogen (secondary N) is 1. The molecule has 1 aliphatic rings. The van der Waals surface area contributed by atoms with Crippen molar-refractivity contribution in [1.82, 2.24) is 5.32 Å². The van der Waals surface area contributed by atoms with Gasteiger partial charge in [0.25, 0.3) is 0 Å². The van der Waals surface area contributed by atoms with Crippen LogP contribution < -0.4 is 5.32 Å². The van der Waals surface area contributed by atoms with E-state index in [1.165, 1.54) is 244 Å². The van der Waals surface area contributed by atoms with Crippen LogP contribution in [-0.4, -0.2) is 87.5 Å². The van der Waals surface area contributed by atoms with Crippen LogP contribution in [0.2, 0.25) is 0 Å². The minimum absolute atomic E-state index is 0.185. The molecular formula is C73H133NO8. The van der Waals surface area contributed by atoms with E-state index >= 15 is 0 Å². The molecule has 1 rings (SSSR count). The second-order valence-electron chi connectivity index (χ2n) is 24.3. The molecule has 1 fully saturated rings. The van der Waals surface area contributed by atoms with E-state index in [2.05, 4.69) is 79.9 Å². The number of hydrogen-bond acceptors (Lipinski definition) is 8. The molecule has 0 aromatic carbocycles. The standard InChI is InChI=1S/C73H133NO8/c1-3-5-7-9-11-13-15-17-19-21-23-25-27-29-31-32-33-34-35-37-38-40-42-44-46-48-50-52-54-56-58-60-62-67(76)66(65-81-73-72(80)71(79)70(78)68(64-75)82-73)74-69(77)63-61-59-57-55-53-51-49-47-45-43-41-39-36-30-28-26-24-22-20-18-16-14-12-10-8-6-4-2/h6,8,12,14,18,20,24,26,52,54,60,62,66-68,70-73,75-76,78-80H,3-5,7,9-11,13,15-17,19,21-23,25,27-51,53,55-59,61,63-65H2,1-2H3,(H,74,77)/b8-6-,14-12-,20-18-,26-24-,54-52+,62-60+. The smallest absolute Gasteiger partial charge is 0.220 e. The molecule has 0 aromatic heterocycles. The molecule has 1 heterocycles. The lowest BCUT2D eigenvalue weighted by Crippen LogP contribution is -2.60. The molecule has 7 unspecified atom stereocenters. The number of allylic oxidation sites excluding steroid dienone is 11. The second kappa shape index (κ2) is 61.7. The summed E-state index contributed by atoms with van der Waals surface area (Å²) < 4.78 is 11.3. The summed E-state index contributed by atoms with van der Waals surface area (Å²) in [6.45, 7) is 3.69. The fourth-order valence-corrected chi connectivity index (χ4v) is 11.1. The first kappa shape index (κ1) is 77.6. The molecule has 9 nitrogen and oxygen atoms in total. The number of amides is 1. The van der Waals surface area contributed by atoms with Crippen molar-refractivity contribution in [2.75, 3.05) is 13.2 Å². The largest absolute Gasteiger partial charge is 0.394 e. The van der Waals surface area contributed by atoms with Crippen molar-refractivity contribution in [3.8, 4) is 0 Å². The third-order valence-electron chi connectivity index (χ3n) is 16.5. The fraction of sp³-hybridized carbons (Fsp3) is 0.822. The zero-order valence-corrected chi connectivity index (χ0v) is 53.5. The molecule has 0 aliphatic carbocycles. The summed E-state index contributed by atoms with van der Waals surface area (Å²) in [4.78, 5) is 13.1. The molecule has 0 bridgehead atoms. The molecule has 0 saturated carbocycles. The molecule has 478 valence electrons. The van der Waals surface area contributed by atoms with E-state index in [1.807, 2.05) is 6.08 Å². The van der Waals surface area contributed by atoms with Gasteiger partial charge >= 0.3 is 0 Å². The van der Waals surface area contributed by atoms with E-state index in [9.17, 15) is 30.3 Å². The summed E-state index contributed by atoms with van der Waals surface area (Å²) in [5.41, 5.74) is 0. The Morgan fingerprint density at radius 2 is 0.768 bits per heavy atom. The third-order valence-corrected chi connectivity index (χ3v) is 16.5. The zero-order valence-electron chi connectivity index (χ0n) is 53.5. The second-order valence-corrected chi connectivity index (χ2v) is 24.3. The zero-order chi connectivity index (χ0) is 59.3. The number of aliphatic hydroxyl groups excluding tert-OH is 5. The number of unbranched alkanes of at least 4 members (excludes halogenated alkanes) is 41. The van der Waals surface area contributed by atoms with Gasteiger partial charge in [-0.25, -0.2) is 0 Å². The van der Waals surface area contributed by atoms with Gasteiger partial charge in [-0.05, 0) is 70.6 Å². The van der Waals surface area contributed by atoms with E-state index in [1.54, 1.807) is 6.08 Å². The Morgan fingerprint density at radius 3 is 1.17 bits per heavy atom. The summed E-state index contributed by atoms with van der Waals surface area (Å²) in [5, 5.41) is 54.7. The van der Waals surface area contributed by atoms with Crippen molar-refractivity contribution in [2.45, 2.75) is 371 Å². The number of carbonyl (C=O) groups excluding carboxylic acids is 1. The summed E-state index contributed by atoms with van der Waals surface area (Å²) in [6.07, 6.45) is 80.1. The quantitative estimate of drug-likeness (QED) is 0.0261. The minimum atomic E-state index is -1.58. The van der Waals surface area contributed by atoms with Gasteiger partial charge in [-0.3, -0.25) is 4.79 Å². The predicted molar refractivity (Wildman–Crippen MR) is 350 cm³/mol. The summed E-state index contributed by atoms with van der Waals surface area (Å²) >= 11 is 0. The first-order chi connectivity index (χ1) is 40.3. The van der Waals surface area contributed by atoms with E-state index in [4.69, 9.17) is 9.47 Å². The van der Waals surface area contributed by atoms with Crippen molar-refractivity contribution < 1.29 is 39.8 Å². The van der Waals surface area contributed by atoms with Crippen LogP contribution in [-0.2, 0) is 14.3 Å². The van der Waals surface area contributed by atoms with Crippen LogP contribution in [0.3, 0.4) is 0 Å². The number of ether oxygens (including phenoxy) is 2. The molecule has 0 aromatic rings. The predicted octanol–water partition coefficient (Wildman–Crippen LogP) is 19.1. The van der Waals surface area contributed by atoms with Crippen molar-refractivity contribution in [1.29, 1.82) is 0 Å². The van der Waals surface area contributed by atoms with Crippen LogP contribution in [0.1, 0.15) is 328 Å². The molecule has 7 atom stereocenters. The van der Waals surface area contributed by atoms with E-state index in [-0.39, 0.29) is 12.5 Å². The molecular weight excluding hydrogens is 1020 g/mol. The molecule has 1 amide bonds. The Kier molecular flexibility index (Phi) is 58.4. The lowest BCUT2D eigenvalue weighted by Gasteiger charge is -2.40. The van der Waals surface area contributed by atoms with Gasteiger partial charge in [0.15, 0.2) is 6.29 Å². The first-order valence-electron chi connectivity index (χ1n) is 35.2. The van der Waals surface area contributed by atoms with Gasteiger partial charge in [0.1, 0.15) is 24.4 Å². The SMILES string of the molecule is CC/C=C\C/C=C\C/C=C\C/C=C\CCCCCCCCCCCCCCCCC(=O)NC(COC1OC(CO)C(O)C(O)C1O)C(O)/C=C/CC/C=C/CCCCCCCCCCCCCCCCCCCCCCCCCCCC. The highest BCUT2D eigenvalue weighted by Gasteiger charge is 2.44. The van der Waals surface area contributed by atoms with Gasteiger partial charge in [-0.1, -0.05) is 324 Å². The third kappa shape index (κ3) is 49.8. The van der Waals surface area contributed by atoms with Crippen LogP contribution in [0.25, 0.3) is 0 Å². The molecule has 82 heavy (non-hydrogen) atoms. The van der Waals surface area contributed by atoms with Crippen LogP contribution in [0, 0.1) is 0 Å². The Balaban J connectivity index is 2.15. The van der Waals surface area contributed by atoms with E-state index in [0.717, 1.165) is 64.2 Å². The number of carbonyl (C=O) groups is 1. The average Bonchev–Trinajstić information content (AvgIpc) is 3.53. The van der Waals surface area contributed by atoms with E-state index < -0.39 is 49.5 Å². The van der Waals surface area contributed by atoms with Gasteiger partial charge in [0.2, 0.25) is 5.91 Å².